The lowest BCUT2D eigenvalue weighted by molar-refractivity contribution is -0.274. The largest absolute Gasteiger partial charge is 0.573 e. The third-order valence-corrected chi connectivity index (χ3v) is 2.31. The molecule has 17 heavy (non-hydrogen) atoms. The van der Waals surface area contributed by atoms with Crippen molar-refractivity contribution >= 4 is 29.0 Å². The van der Waals surface area contributed by atoms with Crippen LogP contribution in [0.1, 0.15) is 16.8 Å². The van der Waals surface area contributed by atoms with E-state index in [-0.39, 0.29) is 22.9 Å². The number of ether oxygens (including phenoxy) is 1. The van der Waals surface area contributed by atoms with Gasteiger partial charge in [0.15, 0.2) is 5.78 Å². The summed E-state index contributed by atoms with van der Waals surface area (Å²) in [5, 5.41) is -0.0955. The fraction of sp³-hybridized carbons (Fsp3) is 0.300. The normalized spacial score (nSPS) is 11.4. The highest BCUT2D eigenvalue weighted by Crippen LogP contribution is 2.31. The molecule has 0 saturated heterocycles. The van der Waals surface area contributed by atoms with Gasteiger partial charge in [0.1, 0.15) is 5.75 Å². The average Bonchev–Trinajstić information content (AvgIpc) is 2.15. The molecule has 1 aromatic carbocycles. The fourth-order valence-corrected chi connectivity index (χ4v) is 1.64. The Balaban J connectivity index is 3.13. The number of carbonyl (C=O) groups excluding carboxylic acids is 1. The quantitative estimate of drug-likeness (QED) is 0.617. The molecule has 0 fully saturated rings. The van der Waals surface area contributed by atoms with Crippen LogP contribution in [-0.4, -0.2) is 18.0 Å². The van der Waals surface area contributed by atoms with Crippen molar-refractivity contribution in [2.75, 3.05) is 5.88 Å². The van der Waals surface area contributed by atoms with Crippen molar-refractivity contribution in [2.24, 2.45) is 0 Å². The van der Waals surface area contributed by atoms with Gasteiger partial charge in [0.05, 0.1) is 10.6 Å². The minimum atomic E-state index is -4.87. The van der Waals surface area contributed by atoms with E-state index < -0.39 is 17.9 Å². The lowest BCUT2D eigenvalue weighted by Gasteiger charge is -2.13. The Morgan fingerprint density at radius 3 is 2.53 bits per heavy atom. The summed E-state index contributed by atoms with van der Waals surface area (Å²) in [6, 6.07) is 3.61. The Morgan fingerprint density at radius 2 is 2.00 bits per heavy atom. The van der Waals surface area contributed by atoms with Crippen molar-refractivity contribution < 1.29 is 22.7 Å². The first kappa shape index (κ1) is 14.1. The topological polar surface area (TPSA) is 26.3 Å². The monoisotopic (exact) mass is 286 g/mol. The smallest absolute Gasteiger partial charge is 0.405 e. The van der Waals surface area contributed by atoms with Crippen molar-refractivity contribution in [3.8, 4) is 5.75 Å². The third kappa shape index (κ3) is 4.09. The van der Waals surface area contributed by atoms with Crippen LogP contribution in [0.3, 0.4) is 0 Å². The molecule has 0 saturated carbocycles. The number of halogens is 5. The molecule has 0 N–H and O–H groups in total. The summed E-state index contributed by atoms with van der Waals surface area (Å²) in [5.41, 5.74) is -0.299. The lowest BCUT2D eigenvalue weighted by Crippen LogP contribution is -2.19. The molecule has 0 aliphatic heterocycles. The van der Waals surface area contributed by atoms with E-state index in [1.807, 2.05) is 0 Å². The summed E-state index contributed by atoms with van der Waals surface area (Å²) in [4.78, 5) is 11.6. The second kappa shape index (κ2) is 5.60. The van der Waals surface area contributed by atoms with Gasteiger partial charge in [0.25, 0.3) is 0 Å². The van der Waals surface area contributed by atoms with E-state index >= 15 is 0 Å². The zero-order valence-corrected chi connectivity index (χ0v) is 9.86. The Labute approximate surface area is 105 Å². The van der Waals surface area contributed by atoms with Crippen LogP contribution < -0.4 is 4.74 Å². The molecule has 0 aromatic heterocycles. The fourth-order valence-electron chi connectivity index (χ4n) is 1.20. The summed E-state index contributed by atoms with van der Waals surface area (Å²) in [7, 11) is 0. The molecule has 0 aliphatic rings. The molecule has 0 atom stereocenters. The molecule has 0 heterocycles. The van der Waals surface area contributed by atoms with Gasteiger partial charge >= 0.3 is 6.36 Å². The van der Waals surface area contributed by atoms with E-state index in [1.165, 1.54) is 12.1 Å². The van der Waals surface area contributed by atoms with Crippen LogP contribution in [0.4, 0.5) is 13.2 Å². The van der Waals surface area contributed by atoms with Crippen molar-refractivity contribution in [3.63, 3.8) is 0 Å². The van der Waals surface area contributed by atoms with Crippen LogP contribution in [0, 0.1) is 0 Å². The molecule has 0 aliphatic carbocycles. The van der Waals surface area contributed by atoms with Gasteiger partial charge in [0, 0.05) is 12.3 Å². The number of carbonyl (C=O) groups is 1. The average molecular weight is 287 g/mol. The predicted molar refractivity (Wildman–Crippen MR) is 57.8 cm³/mol. The third-order valence-electron chi connectivity index (χ3n) is 1.80. The maximum Gasteiger partial charge on any atom is 0.573 e. The van der Waals surface area contributed by atoms with Crippen molar-refractivity contribution in [1.82, 2.24) is 0 Å². The highest BCUT2D eigenvalue weighted by Gasteiger charge is 2.33. The Kier molecular flexibility index (Phi) is 4.65. The highest BCUT2D eigenvalue weighted by molar-refractivity contribution is 6.34. The van der Waals surface area contributed by atoms with Gasteiger partial charge in [-0.3, -0.25) is 4.79 Å². The molecular formula is C10H7Cl2F3O2. The van der Waals surface area contributed by atoms with Crippen molar-refractivity contribution in [2.45, 2.75) is 12.8 Å². The van der Waals surface area contributed by atoms with Crippen LogP contribution in [0.25, 0.3) is 0 Å². The minimum Gasteiger partial charge on any atom is -0.405 e. The SMILES string of the molecule is O=C(CCCl)c1c(Cl)cccc1OC(F)(F)F. The molecule has 2 nitrogen and oxygen atoms in total. The number of alkyl halides is 4. The Morgan fingerprint density at radius 1 is 1.35 bits per heavy atom. The maximum atomic E-state index is 12.1. The second-order valence-corrected chi connectivity index (χ2v) is 3.81. The van der Waals surface area contributed by atoms with Crippen LogP contribution >= 0.6 is 23.2 Å². The summed E-state index contributed by atoms with van der Waals surface area (Å²) in [5.74, 6) is -1.21. The lowest BCUT2D eigenvalue weighted by atomic mass is 10.1. The van der Waals surface area contributed by atoms with Gasteiger partial charge in [-0.2, -0.15) is 0 Å². The van der Waals surface area contributed by atoms with E-state index in [4.69, 9.17) is 23.2 Å². The molecule has 0 bridgehead atoms. The minimum absolute atomic E-state index is 0.00445. The van der Waals surface area contributed by atoms with Gasteiger partial charge in [-0.15, -0.1) is 24.8 Å². The molecule has 94 valence electrons. The molecule has 0 radical (unpaired) electrons. The number of benzene rings is 1. The highest BCUT2D eigenvalue weighted by atomic mass is 35.5. The second-order valence-electron chi connectivity index (χ2n) is 3.02. The number of rotatable bonds is 4. The first-order valence-corrected chi connectivity index (χ1v) is 5.40. The number of hydrogen-bond acceptors (Lipinski definition) is 2. The van der Waals surface area contributed by atoms with Crippen molar-refractivity contribution in [3.05, 3.63) is 28.8 Å². The number of Topliss-reactive ketones (excluding diaryl/α,β-unsaturated/α-hetero) is 1. The zero-order chi connectivity index (χ0) is 13.1. The zero-order valence-electron chi connectivity index (χ0n) is 8.35. The van der Waals surface area contributed by atoms with E-state index in [0.717, 1.165) is 6.07 Å². The molecule has 1 rings (SSSR count). The van der Waals surface area contributed by atoms with Gasteiger partial charge in [-0.05, 0) is 12.1 Å². The van der Waals surface area contributed by atoms with Gasteiger partial charge < -0.3 is 4.74 Å². The Bertz CT molecular complexity index is 419. The summed E-state index contributed by atoms with van der Waals surface area (Å²) in [6.07, 6.45) is -4.99. The van der Waals surface area contributed by atoms with Gasteiger partial charge in [0.2, 0.25) is 0 Å². The number of hydrogen-bond donors (Lipinski definition) is 0. The van der Waals surface area contributed by atoms with Crippen LogP contribution in [0.15, 0.2) is 18.2 Å². The van der Waals surface area contributed by atoms with E-state index in [2.05, 4.69) is 4.74 Å². The van der Waals surface area contributed by atoms with E-state index in [1.54, 1.807) is 0 Å². The molecule has 0 unspecified atom stereocenters. The number of ketones is 1. The Hall–Kier alpha value is -0.940. The first-order chi connectivity index (χ1) is 7.85. The molecular weight excluding hydrogens is 280 g/mol. The summed E-state index contributed by atoms with van der Waals surface area (Å²) in [6.45, 7) is 0. The van der Waals surface area contributed by atoms with Gasteiger partial charge in [-0.25, -0.2) is 0 Å². The van der Waals surface area contributed by atoms with Crippen LogP contribution in [0.5, 0.6) is 5.75 Å². The predicted octanol–water partition coefficient (Wildman–Crippen LogP) is 4.05. The van der Waals surface area contributed by atoms with Crippen LogP contribution in [0.2, 0.25) is 5.02 Å². The van der Waals surface area contributed by atoms with E-state index in [0.29, 0.717) is 0 Å². The van der Waals surface area contributed by atoms with Crippen LogP contribution in [-0.2, 0) is 0 Å². The maximum absolute atomic E-state index is 12.1. The van der Waals surface area contributed by atoms with Gasteiger partial charge in [-0.1, -0.05) is 17.7 Å². The first-order valence-electron chi connectivity index (χ1n) is 4.48. The van der Waals surface area contributed by atoms with E-state index in [9.17, 15) is 18.0 Å². The molecule has 0 spiro atoms. The van der Waals surface area contributed by atoms with Crippen molar-refractivity contribution in [1.29, 1.82) is 0 Å². The molecule has 0 amide bonds. The summed E-state index contributed by atoms with van der Waals surface area (Å²) < 4.78 is 40.0. The standard InChI is InChI=1S/C10H7Cl2F3O2/c11-5-4-7(16)9-6(12)2-1-3-8(9)17-10(13,14)15/h1-3H,4-5H2. The summed E-state index contributed by atoms with van der Waals surface area (Å²) >= 11 is 11.0. The molecule has 7 heteroatoms. The molecule has 1 aromatic rings.